The maximum absolute atomic E-state index is 12.6. The van der Waals surface area contributed by atoms with Gasteiger partial charge in [-0.3, -0.25) is 0 Å². The summed E-state index contributed by atoms with van der Waals surface area (Å²) in [7, 11) is -3.33. The minimum atomic E-state index is -3.33. The number of nitrogens with two attached hydrogens (primary N) is 1. The van der Waals surface area contributed by atoms with Crippen LogP contribution >= 0.6 is 0 Å². The molecule has 0 heterocycles. The molecule has 0 aromatic heterocycles. The van der Waals surface area contributed by atoms with E-state index in [-0.39, 0.29) is 11.6 Å². The number of rotatable bonds is 8. The number of benzene rings is 1. The zero-order valence-electron chi connectivity index (χ0n) is 10.1. The summed E-state index contributed by atoms with van der Waals surface area (Å²) in [6.45, 7) is 0.543. The maximum Gasteiger partial charge on any atom is 0.209 e. The average molecular weight is 275 g/mol. The fourth-order valence-electron chi connectivity index (χ4n) is 1.48. The van der Waals surface area contributed by atoms with Crippen molar-refractivity contribution in [3.05, 3.63) is 30.1 Å². The van der Waals surface area contributed by atoms with E-state index < -0.39 is 10.0 Å². The van der Waals surface area contributed by atoms with Crippen LogP contribution in [0.15, 0.2) is 24.3 Å². The summed E-state index contributed by atoms with van der Waals surface area (Å²) in [5, 5.41) is 4.88. The van der Waals surface area contributed by atoms with Crippen LogP contribution in [0.4, 0.5) is 4.39 Å². The van der Waals surface area contributed by atoms with Crippen LogP contribution < -0.4 is 9.88 Å². The first-order chi connectivity index (χ1) is 8.47. The molecule has 102 valence electrons. The summed E-state index contributed by atoms with van der Waals surface area (Å²) in [5.41, 5.74) is 0. The highest BCUT2D eigenvalue weighted by Gasteiger charge is 2.01. The van der Waals surface area contributed by atoms with E-state index in [9.17, 15) is 12.8 Å². The first-order valence-corrected chi connectivity index (χ1v) is 7.58. The van der Waals surface area contributed by atoms with E-state index in [1.165, 1.54) is 12.1 Å². The molecule has 0 unspecified atom stereocenters. The summed E-state index contributed by atoms with van der Waals surface area (Å²) in [6, 6.07) is 5.86. The van der Waals surface area contributed by atoms with Gasteiger partial charge in [-0.25, -0.2) is 17.9 Å². The van der Waals surface area contributed by atoms with Crippen LogP contribution in [0.3, 0.4) is 0 Å². The third kappa shape index (κ3) is 7.24. The predicted octanol–water partition coefficient (Wildman–Crippen LogP) is 2.05. The standard InChI is InChI=1S/C12H18FNO3S/c13-11-5-7-12(8-6-11)17-9-3-1-2-4-10-18(14,15)16/h5-8H,1-4,9-10H2,(H2,14,15,16). The molecule has 4 nitrogen and oxygen atoms in total. The molecular weight excluding hydrogens is 257 g/mol. The Morgan fingerprint density at radius 2 is 1.67 bits per heavy atom. The van der Waals surface area contributed by atoms with E-state index in [2.05, 4.69) is 0 Å². The molecule has 0 aliphatic heterocycles. The minimum absolute atomic E-state index is 0.0336. The molecular formula is C12H18FNO3S. The van der Waals surface area contributed by atoms with Gasteiger partial charge in [-0.05, 0) is 37.1 Å². The Hall–Kier alpha value is -1.14. The SMILES string of the molecule is NS(=O)(=O)CCCCCCOc1ccc(F)cc1. The second-order valence-corrected chi connectivity index (χ2v) is 5.82. The molecule has 0 spiro atoms. The first kappa shape index (κ1) is 14.9. The lowest BCUT2D eigenvalue weighted by atomic mass is 10.2. The van der Waals surface area contributed by atoms with E-state index >= 15 is 0 Å². The molecule has 0 amide bonds. The van der Waals surface area contributed by atoms with Gasteiger partial charge in [0.15, 0.2) is 0 Å². The van der Waals surface area contributed by atoms with Crippen molar-refractivity contribution in [2.24, 2.45) is 5.14 Å². The highest BCUT2D eigenvalue weighted by atomic mass is 32.2. The van der Waals surface area contributed by atoms with Crippen LogP contribution in [-0.4, -0.2) is 20.8 Å². The second kappa shape index (κ2) is 7.33. The van der Waals surface area contributed by atoms with Gasteiger partial charge in [-0.1, -0.05) is 12.8 Å². The third-order valence-electron chi connectivity index (χ3n) is 2.41. The van der Waals surface area contributed by atoms with Crippen molar-refractivity contribution in [3.8, 4) is 5.75 Å². The van der Waals surface area contributed by atoms with Crippen LogP contribution in [-0.2, 0) is 10.0 Å². The summed E-state index contributed by atoms with van der Waals surface area (Å²) in [4.78, 5) is 0. The largest absolute Gasteiger partial charge is 0.494 e. The van der Waals surface area contributed by atoms with Crippen molar-refractivity contribution >= 4 is 10.0 Å². The Balaban J connectivity index is 2.04. The lowest BCUT2D eigenvalue weighted by Crippen LogP contribution is -2.16. The summed E-state index contributed by atoms with van der Waals surface area (Å²) in [5.74, 6) is 0.387. The van der Waals surface area contributed by atoms with Gasteiger partial charge in [0.05, 0.1) is 12.4 Å². The van der Waals surface area contributed by atoms with Crippen LogP contribution in [0.2, 0.25) is 0 Å². The van der Waals surface area contributed by atoms with Gasteiger partial charge in [0.2, 0.25) is 10.0 Å². The molecule has 6 heteroatoms. The molecule has 0 aliphatic rings. The monoisotopic (exact) mass is 275 g/mol. The molecule has 0 saturated heterocycles. The van der Waals surface area contributed by atoms with Gasteiger partial charge >= 0.3 is 0 Å². The maximum atomic E-state index is 12.6. The van der Waals surface area contributed by atoms with Gasteiger partial charge in [-0.2, -0.15) is 0 Å². The van der Waals surface area contributed by atoms with E-state index in [1.807, 2.05) is 0 Å². The molecule has 2 N–H and O–H groups in total. The predicted molar refractivity (Wildman–Crippen MR) is 68.3 cm³/mol. The lowest BCUT2D eigenvalue weighted by molar-refractivity contribution is 0.304. The summed E-state index contributed by atoms with van der Waals surface area (Å²) >= 11 is 0. The minimum Gasteiger partial charge on any atom is -0.494 e. The fourth-order valence-corrected chi connectivity index (χ4v) is 2.09. The number of ether oxygens (including phenoxy) is 1. The Morgan fingerprint density at radius 1 is 1.06 bits per heavy atom. The number of halogens is 1. The van der Waals surface area contributed by atoms with Crippen LogP contribution in [0.5, 0.6) is 5.75 Å². The van der Waals surface area contributed by atoms with E-state index in [0.29, 0.717) is 18.8 Å². The molecule has 0 aliphatic carbocycles. The summed E-state index contributed by atoms with van der Waals surface area (Å²) in [6.07, 6.45) is 3.11. The van der Waals surface area contributed by atoms with Gasteiger partial charge < -0.3 is 4.74 Å². The van der Waals surface area contributed by atoms with E-state index in [4.69, 9.17) is 9.88 Å². The number of hydrogen-bond donors (Lipinski definition) is 1. The van der Waals surface area contributed by atoms with Crippen LogP contribution in [0, 0.1) is 5.82 Å². The van der Waals surface area contributed by atoms with Gasteiger partial charge in [0.25, 0.3) is 0 Å². The molecule has 0 atom stereocenters. The highest BCUT2D eigenvalue weighted by Crippen LogP contribution is 2.12. The highest BCUT2D eigenvalue weighted by molar-refractivity contribution is 7.89. The van der Waals surface area contributed by atoms with Crippen molar-refractivity contribution < 1.29 is 17.5 Å². The van der Waals surface area contributed by atoms with Gasteiger partial charge in [0, 0.05) is 0 Å². The molecule has 0 saturated carbocycles. The number of hydrogen-bond acceptors (Lipinski definition) is 3. The fraction of sp³-hybridized carbons (Fsp3) is 0.500. The zero-order chi connectivity index (χ0) is 13.4. The average Bonchev–Trinajstić information content (AvgIpc) is 2.29. The number of primary sulfonamides is 1. The third-order valence-corrected chi connectivity index (χ3v) is 3.26. The van der Waals surface area contributed by atoms with E-state index in [1.54, 1.807) is 12.1 Å². The zero-order valence-corrected chi connectivity index (χ0v) is 11.0. The Labute approximate surface area is 107 Å². The van der Waals surface area contributed by atoms with Gasteiger partial charge in [-0.15, -0.1) is 0 Å². The lowest BCUT2D eigenvalue weighted by Gasteiger charge is -2.05. The molecule has 1 rings (SSSR count). The normalized spacial score (nSPS) is 11.4. The topological polar surface area (TPSA) is 69.4 Å². The van der Waals surface area contributed by atoms with Crippen LogP contribution in [0.25, 0.3) is 0 Å². The number of sulfonamides is 1. The Bertz CT molecular complexity index is 445. The van der Waals surface area contributed by atoms with Gasteiger partial charge in [0.1, 0.15) is 11.6 Å². The van der Waals surface area contributed by atoms with Crippen LogP contribution in [0.1, 0.15) is 25.7 Å². The Morgan fingerprint density at radius 3 is 2.28 bits per heavy atom. The van der Waals surface area contributed by atoms with Crippen molar-refractivity contribution in [2.75, 3.05) is 12.4 Å². The molecule has 18 heavy (non-hydrogen) atoms. The summed E-state index contributed by atoms with van der Waals surface area (Å²) < 4.78 is 39.3. The molecule has 1 aromatic rings. The van der Waals surface area contributed by atoms with Crippen molar-refractivity contribution in [1.29, 1.82) is 0 Å². The van der Waals surface area contributed by atoms with Crippen molar-refractivity contribution in [1.82, 2.24) is 0 Å². The number of unbranched alkanes of at least 4 members (excludes halogenated alkanes) is 3. The molecule has 0 radical (unpaired) electrons. The van der Waals surface area contributed by atoms with Crippen molar-refractivity contribution in [2.45, 2.75) is 25.7 Å². The molecule has 1 aromatic carbocycles. The second-order valence-electron chi connectivity index (χ2n) is 4.08. The van der Waals surface area contributed by atoms with E-state index in [0.717, 1.165) is 19.3 Å². The first-order valence-electron chi connectivity index (χ1n) is 5.86. The Kier molecular flexibility index (Phi) is 6.07. The smallest absolute Gasteiger partial charge is 0.209 e. The molecule has 0 fully saturated rings. The molecule has 0 bridgehead atoms. The quantitative estimate of drug-likeness (QED) is 0.738. The van der Waals surface area contributed by atoms with Crippen molar-refractivity contribution in [3.63, 3.8) is 0 Å².